The average Bonchev–Trinajstić information content (AvgIpc) is 3.19. The lowest BCUT2D eigenvalue weighted by molar-refractivity contribution is -0.0297. The van der Waals surface area contributed by atoms with E-state index < -0.39 is 45.9 Å². The van der Waals surface area contributed by atoms with Gasteiger partial charge >= 0.3 is 15.6 Å². The zero-order valence-electron chi connectivity index (χ0n) is 16.3. The normalized spacial score (nSPS) is 32.1. The minimum absolute atomic E-state index is 0.338. The van der Waals surface area contributed by atoms with Crippen molar-refractivity contribution < 1.29 is 42.9 Å². The number of fused-ring (bicyclic) bond motifs is 2. The van der Waals surface area contributed by atoms with Crippen molar-refractivity contribution in [1.82, 2.24) is 19.5 Å². The Balaban J connectivity index is 1.62. The Morgan fingerprint density at radius 1 is 1.32 bits per heavy atom. The smallest absolute Gasteiger partial charge is 0.390 e. The number of thioether (sulfide) groups is 1. The van der Waals surface area contributed by atoms with E-state index in [-0.39, 0.29) is 5.92 Å². The van der Waals surface area contributed by atoms with Crippen LogP contribution in [0, 0.1) is 11.3 Å². The van der Waals surface area contributed by atoms with Crippen LogP contribution in [0.2, 0.25) is 0 Å². The van der Waals surface area contributed by atoms with Crippen molar-refractivity contribution in [3.05, 3.63) is 6.33 Å². The van der Waals surface area contributed by atoms with Crippen molar-refractivity contribution in [3.8, 4) is 0 Å². The van der Waals surface area contributed by atoms with Gasteiger partial charge in [-0.2, -0.15) is 4.31 Å². The monoisotopic (exact) mass is 497 g/mol. The summed E-state index contributed by atoms with van der Waals surface area (Å²) in [6.45, 7) is -0.542. The van der Waals surface area contributed by atoms with Crippen molar-refractivity contribution in [1.29, 1.82) is 0 Å². The van der Waals surface area contributed by atoms with Crippen LogP contribution in [0.15, 0.2) is 11.5 Å². The van der Waals surface area contributed by atoms with Gasteiger partial charge in [-0.05, 0) is 18.6 Å². The van der Waals surface area contributed by atoms with Gasteiger partial charge in [0.1, 0.15) is 6.10 Å². The standard InChI is InChI=1S/C14H21N5O9P2S/c1-15-11-7-12(18-13(17-11)31-2)19(5-16-7)8-6-3-14(6,10(21)9(8)20)4-27-30(25,26)28-29(22,23)24/h5-6,8-10,20-21H,3-4H2,1-2H3,(H,25,26)(H,15,17,18)(H2,22,23,24)/t6-,8-,9+,10+,14+/m1/s1. The topological polar surface area (TPSA) is 209 Å². The quantitative estimate of drug-likeness (QED) is 0.162. The number of imidazole rings is 1. The van der Waals surface area contributed by atoms with Crippen LogP contribution in [-0.2, 0) is 18.0 Å². The summed E-state index contributed by atoms with van der Waals surface area (Å²) in [6.07, 6.45) is 1.05. The van der Waals surface area contributed by atoms with Crippen LogP contribution < -0.4 is 5.32 Å². The minimum Gasteiger partial charge on any atom is -0.390 e. The fourth-order valence-electron chi connectivity index (χ4n) is 4.27. The molecule has 2 aromatic heterocycles. The Labute approximate surface area is 179 Å². The number of nitrogens with zero attached hydrogens (tertiary/aromatic N) is 4. The van der Waals surface area contributed by atoms with Gasteiger partial charge in [-0.3, -0.25) is 4.52 Å². The van der Waals surface area contributed by atoms with Gasteiger partial charge in [0.2, 0.25) is 0 Å². The summed E-state index contributed by atoms with van der Waals surface area (Å²) < 4.78 is 32.8. The summed E-state index contributed by atoms with van der Waals surface area (Å²) in [5, 5.41) is 24.8. The SMILES string of the molecule is CNc1nc(SC)nc2c1ncn2[C@H]1[C@H](O)[C@H](O)[C@]2(COP(=O)(O)OP(=O)(O)O)C[C@H]12. The molecule has 6 atom stereocenters. The van der Waals surface area contributed by atoms with Crippen molar-refractivity contribution >= 4 is 44.4 Å². The van der Waals surface area contributed by atoms with E-state index in [4.69, 9.17) is 14.3 Å². The summed E-state index contributed by atoms with van der Waals surface area (Å²) in [7, 11) is -8.65. The predicted octanol–water partition coefficient (Wildman–Crippen LogP) is 0.0990. The maximum atomic E-state index is 11.8. The number of aliphatic hydroxyl groups excluding tert-OH is 2. The fourth-order valence-corrected chi connectivity index (χ4v) is 6.29. The molecule has 2 aliphatic carbocycles. The number of nitrogens with one attached hydrogen (secondary N) is 1. The second-order valence-electron chi connectivity index (χ2n) is 7.42. The van der Waals surface area contributed by atoms with Gasteiger partial charge in [0.15, 0.2) is 22.1 Å². The summed E-state index contributed by atoms with van der Waals surface area (Å²) in [5.41, 5.74) is -0.161. The maximum Gasteiger partial charge on any atom is 0.481 e. The van der Waals surface area contributed by atoms with Crippen LogP contribution in [0.4, 0.5) is 5.82 Å². The molecule has 172 valence electrons. The number of aliphatic hydroxyl groups is 2. The Kier molecular flexibility index (Phi) is 5.75. The molecule has 4 rings (SSSR count). The van der Waals surface area contributed by atoms with Crippen molar-refractivity contribution in [3.63, 3.8) is 0 Å². The van der Waals surface area contributed by atoms with E-state index in [1.54, 1.807) is 11.6 Å². The molecule has 2 aliphatic rings. The predicted molar refractivity (Wildman–Crippen MR) is 107 cm³/mol. The van der Waals surface area contributed by atoms with Crippen LogP contribution in [-0.4, -0.2) is 76.5 Å². The molecule has 14 nitrogen and oxygen atoms in total. The molecule has 0 spiro atoms. The highest BCUT2D eigenvalue weighted by molar-refractivity contribution is 7.98. The largest absolute Gasteiger partial charge is 0.481 e. The van der Waals surface area contributed by atoms with E-state index >= 15 is 0 Å². The van der Waals surface area contributed by atoms with Gasteiger partial charge in [0.25, 0.3) is 0 Å². The van der Waals surface area contributed by atoms with Crippen LogP contribution in [0.25, 0.3) is 11.2 Å². The molecule has 2 aromatic rings. The Bertz CT molecular complexity index is 1110. The molecule has 1 unspecified atom stereocenters. The van der Waals surface area contributed by atoms with Gasteiger partial charge in [-0.25, -0.2) is 24.1 Å². The third-order valence-electron chi connectivity index (χ3n) is 5.70. The fraction of sp³-hybridized carbons (Fsp3) is 0.643. The molecule has 0 saturated heterocycles. The highest BCUT2D eigenvalue weighted by Gasteiger charge is 2.72. The molecule has 2 fully saturated rings. The third-order valence-corrected chi connectivity index (χ3v) is 8.38. The number of aromatic nitrogens is 4. The summed E-state index contributed by atoms with van der Waals surface area (Å²) >= 11 is 1.32. The highest BCUT2D eigenvalue weighted by atomic mass is 32.2. The zero-order valence-corrected chi connectivity index (χ0v) is 18.9. The van der Waals surface area contributed by atoms with E-state index in [1.807, 2.05) is 6.26 Å². The van der Waals surface area contributed by atoms with Gasteiger partial charge in [0.05, 0.1) is 25.1 Å². The zero-order chi connectivity index (χ0) is 22.8. The van der Waals surface area contributed by atoms with E-state index in [0.717, 1.165) is 0 Å². The summed E-state index contributed by atoms with van der Waals surface area (Å²) in [4.78, 5) is 40.1. The van der Waals surface area contributed by atoms with E-state index in [2.05, 4.69) is 24.6 Å². The molecule has 0 amide bonds. The van der Waals surface area contributed by atoms with Gasteiger partial charge in [-0.1, -0.05) is 11.8 Å². The number of hydrogen-bond acceptors (Lipinski definition) is 11. The van der Waals surface area contributed by atoms with Crippen molar-refractivity contribution in [2.75, 3.05) is 25.2 Å². The molecular formula is C14H21N5O9P2S. The van der Waals surface area contributed by atoms with Crippen LogP contribution in [0.5, 0.6) is 0 Å². The van der Waals surface area contributed by atoms with Crippen LogP contribution in [0.1, 0.15) is 12.5 Å². The van der Waals surface area contributed by atoms with E-state index in [0.29, 0.717) is 28.6 Å². The second-order valence-corrected chi connectivity index (χ2v) is 11.0. The van der Waals surface area contributed by atoms with Crippen LogP contribution in [0.3, 0.4) is 0 Å². The lowest BCUT2D eigenvalue weighted by Gasteiger charge is -2.24. The van der Waals surface area contributed by atoms with Gasteiger partial charge in [-0.15, -0.1) is 0 Å². The van der Waals surface area contributed by atoms with Crippen molar-refractivity contribution in [2.45, 2.75) is 29.8 Å². The molecule has 2 heterocycles. The minimum atomic E-state index is -5.26. The van der Waals surface area contributed by atoms with Gasteiger partial charge in [0, 0.05) is 12.5 Å². The van der Waals surface area contributed by atoms with E-state index in [9.17, 15) is 24.2 Å². The molecule has 6 N–H and O–H groups in total. The summed E-state index contributed by atoms with van der Waals surface area (Å²) in [6, 6.07) is -0.654. The molecule has 31 heavy (non-hydrogen) atoms. The average molecular weight is 497 g/mol. The molecule has 2 saturated carbocycles. The van der Waals surface area contributed by atoms with E-state index in [1.165, 1.54) is 18.1 Å². The Hall–Kier alpha value is -1.12. The molecule has 17 heteroatoms. The first-order valence-corrected chi connectivity index (χ1v) is 13.2. The first-order chi connectivity index (χ1) is 14.4. The Morgan fingerprint density at radius 2 is 2.03 bits per heavy atom. The molecule has 0 aliphatic heterocycles. The number of phosphoric ester groups is 1. The van der Waals surface area contributed by atoms with Crippen LogP contribution >= 0.6 is 27.4 Å². The number of rotatable bonds is 8. The molecule has 0 aromatic carbocycles. The Morgan fingerprint density at radius 3 is 2.65 bits per heavy atom. The lowest BCUT2D eigenvalue weighted by Crippen LogP contribution is -2.35. The second kappa shape index (κ2) is 7.73. The van der Waals surface area contributed by atoms with Crippen molar-refractivity contribution in [2.24, 2.45) is 11.3 Å². The highest BCUT2D eigenvalue weighted by Crippen LogP contribution is 2.69. The third kappa shape index (κ3) is 4.04. The first kappa shape index (κ1) is 23.1. The first-order valence-electron chi connectivity index (χ1n) is 8.99. The number of hydrogen-bond donors (Lipinski definition) is 6. The lowest BCUT2D eigenvalue weighted by atomic mass is 10.0. The molecule has 0 bridgehead atoms. The van der Waals surface area contributed by atoms with Gasteiger partial charge < -0.3 is 34.8 Å². The summed E-state index contributed by atoms with van der Waals surface area (Å²) in [5.74, 6) is 0.137. The molecular weight excluding hydrogens is 476 g/mol. The number of anilines is 1. The number of phosphoric acid groups is 2. The maximum absolute atomic E-state index is 11.8. The molecule has 0 radical (unpaired) electrons.